The van der Waals surface area contributed by atoms with Crippen molar-refractivity contribution in [2.45, 2.75) is 20.8 Å². The second-order valence-electron chi connectivity index (χ2n) is 7.17. The lowest BCUT2D eigenvalue weighted by Gasteiger charge is -2.13. The van der Waals surface area contributed by atoms with Gasteiger partial charge in [-0.05, 0) is 62.2 Å². The van der Waals surface area contributed by atoms with Crippen LogP contribution in [0.3, 0.4) is 0 Å². The SMILES string of the molecule is Cc1cc(C)c2nc(-n3ncc(C#N)c3NC(=O)c3cccc(F)c3)cc(C)c2c1. The molecule has 1 amide bonds. The zero-order valence-electron chi connectivity index (χ0n) is 16.7. The molecule has 0 spiro atoms. The van der Waals surface area contributed by atoms with Crippen molar-refractivity contribution in [2.24, 2.45) is 0 Å². The van der Waals surface area contributed by atoms with Crippen molar-refractivity contribution in [2.75, 3.05) is 5.32 Å². The van der Waals surface area contributed by atoms with Gasteiger partial charge in [0.05, 0.1) is 11.7 Å². The molecular formula is C23H18FN5O. The van der Waals surface area contributed by atoms with Crippen LogP contribution >= 0.6 is 0 Å². The number of fused-ring (bicyclic) bond motifs is 1. The first-order valence-electron chi connectivity index (χ1n) is 9.31. The number of pyridine rings is 1. The van der Waals surface area contributed by atoms with Crippen molar-refractivity contribution in [3.63, 3.8) is 0 Å². The minimum absolute atomic E-state index is 0.139. The smallest absolute Gasteiger partial charge is 0.256 e. The number of nitrogens with zero attached hydrogens (tertiary/aromatic N) is 4. The van der Waals surface area contributed by atoms with E-state index in [-0.39, 0.29) is 16.9 Å². The lowest BCUT2D eigenvalue weighted by atomic mass is 10.0. The zero-order chi connectivity index (χ0) is 21.4. The van der Waals surface area contributed by atoms with Gasteiger partial charge in [-0.15, -0.1) is 0 Å². The standard InChI is InChI=1S/C23H18FN5O/c1-13-7-15(3)21-19(8-13)14(2)9-20(27-21)29-22(17(11-25)12-26-29)28-23(30)16-5-4-6-18(24)10-16/h4-10,12H,1-3H3,(H,28,30). The van der Waals surface area contributed by atoms with E-state index in [4.69, 9.17) is 4.98 Å². The Labute approximate surface area is 172 Å². The Morgan fingerprint density at radius 2 is 1.93 bits per heavy atom. The Bertz CT molecular complexity index is 1350. The van der Waals surface area contributed by atoms with Crippen LogP contribution in [0.5, 0.6) is 0 Å². The number of carbonyl (C=O) groups excluding carboxylic acids is 1. The van der Waals surface area contributed by atoms with Crippen LogP contribution in [-0.2, 0) is 0 Å². The molecule has 0 saturated carbocycles. The maximum Gasteiger partial charge on any atom is 0.256 e. The molecule has 0 unspecified atom stereocenters. The molecule has 0 aliphatic heterocycles. The molecule has 2 heterocycles. The lowest BCUT2D eigenvalue weighted by molar-refractivity contribution is 0.102. The van der Waals surface area contributed by atoms with Gasteiger partial charge < -0.3 is 5.32 Å². The Balaban J connectivity index is 1.82. The molecule has 0 radical (unpaired) electrons. The van der Waals surface area contributed by atoms with Crippen molar-refractivity contribution >= 4 is 22.6 Å². The summed E-state index contributed by atoms with van der Waals surface area (Å²) in [5.41, 5.74) is 4.31. The fourth-order valence-electron chi connectivity index (χ4n) is 3.47. The highest BCUT2D eigenvalue weighted by atomic mass is 19.1. The van der Waals surface area contributed by atoms with Crippen LogP contribution in [0.25, 0.3) is 16.7 Å². The number of nitrogens with one attached hydrogen (secondary N) is 1. The largest absolute Gasteiger partial charge is 0.305 e. The summed E-state index contributed by atoms with van der Waals surface area (Å²) in [5.74, 6) is -0.405. The number of amides is 1. The highest BCUT2D eigenvalue weighted by Gasteiger charge is 2.18. The number of aromatic nitrogens is 3. The van der Waals surface area contributed by atoms with Gasteiger partial charge in [-0.25, -0.2) is 9.37 Å². The molecule has 0 aliphatic rings. The number of carbonyl (C=O) groups is 1. The predicted molar refractivity (Wildman–Crippen MR) is 112 cm³/mol. The van der Waals surface area contributed by atoms with E-state index < -0.39 is 11.7 Å². The number of halogens is 1. The van der Waals surface area contributed by atoms with Crippen LogP contribution in [-0.4, -0.2) is 20.7 Å². The third kappa shape index (κ3) is 3.40. The highest BCUT2D eigenvalue weighted by Crippen LogP contribution is 2.26. The monoisotopic (exact) mass is 399 g/mol. The maximum atomic E-state index is 13.5. The van der Waals surface area contributed by atoms with E-state index in [0.717, 1.165) is 33.7 Å². The van der Waals surface area contributed by atoms with E-state index in [9.17, 15) is 14.4 Å². The topological polar surface area (TPSA) is 83.6 Å². The van der Waals surface area contributed by atoms with Crippen molar-refractivity contribution in [1.82, 2.24) is 14.8 Å². The number of hydrogen-bond acceptors (Lipinski definition) is 4. The van der Waals surface area contributed by atoms with Gasteiger partial charge in [0.25, 0.3) is 5.91 Å². The number of nitriles is 1. The molecule has 4 aromatic rings. The third-order valence-electron chi connectivity index (χ3n) is 4.87. The summed E-state index contributed by atoms with van der Waals surface area (Å²) in [6, 6.07) is 13.3. The second-order valence-corrected chi connectivity index (χ2v) is 7.17. The van der Waals surface area contributed by atoms with Crippen LogP contribution in [0, 0.1) is 37.9 Å². The van der Waals surface area contributed by atoms with E-state index >= 15 is 0 Å². The Morgan fingerprint density at radius 3 is 2.67 bits per heavy atom. The van der Waals surface area contributed by atoms with Crippen LogP contribution in [0.1, 0.15) is 32.6 Å². The summed E-state index contributed by atoms with van der Waals surface area (Å²) in [5, 5.41) is 17.4. The molecule has 2 aromatic heterocycles. The van der Waals surface area contributed by atoms with Crippen molar-refractivity contribution in [3.05, 3.63) is 82.3 Å². The van der Waals surface area contributed by atoms with E-state index in [2.05, 4.69) is 22.5 Å². The number of benzene rings is 2. The van der Waals surface area contributed by atoms with Gasteiger partial charge in [-0.1, -0.05) is 17.7 Å². The minimum Gasteiger partial charge on any atom is -0.305 e. The number of aryl methyl sites for hydroxylation is 3. The van der Waals surface area contributed by atoms with Gasteiger partial charge in [-0.3, -0.25) is 4.79 Å². The summed E-state index contributed by atoms with van der Waals surface area (Å²) in [6.45, 7) is 6.00. The first kappa shape index (κ1) is 19.3. The molecule has 148 valence electrons. The normalized spacial score (nSPS) is 10.8. The van der Waals surface area contributed by atoms with Crippen LogP contribution < -0.4 is 5.32 Å². The second kappa shape index (κ2) is 7.41. The molecular weight excluding hydrogens is 381 g/mol. The van der Waals surface area contributed by atoms with Crippen LogP contribution in [0.15, 0.2) is 48.7 Å². The molecule has 0 aliphatic carbocycles. The summed E-state index contributed by atoms with van der Waals surface area (Å²) < 4.78 is 14.9. The molecule has 2 aromatic carbocycles. The van der Waals surface area contributed by atoms with Gasteiger partial charge in [0.2, 0.25) is 0 Å². The molecule has 30 heavy (non-hydrogen) atoms. The minimum atomic E-state index is -0.544. The van der Waals surface area contributed by atoms with Gasteiger partial charge in [0.1, 0.15) is 17.4 Å². The number of rotatable bonds is 3. The van der Waals surface area contributed by atoms with Crippen LogP contribution in [0.4, 0.5) is 10.2 Å². The molecule has 0 fully saturated rings. The molecule has 0 atom stereocenters. The third-order valence-corrected chi connectivity index (χ3v) is 4.87. The maximum absolute atomic E-state index is 13.5. The van der Waals surface area contributed by atoms with E-state index in [1.807, 2.05) is 32.9 Å². The number of anilines is 1. The average molecular weight is 399 g/mol. The first-order chi connectivity index (χ1) is 14.4. The quantitative estimate of drug-likeness (QED) is 0.545. The Hall–Kier alpha value is -4.05. The summed E-state index contributed by atoms with van der Waals surface area (Å²) in [6.07, 6.45) is 1.37. The Morgan fingerprint density at radius 1 is 1.13 bits per heavy atom. The van der Waals surface area contributed by atoms with Gasteiger partial charge >= 0.3 is 0 Å². The highest BCUT2D eigenvalue weighted by molar-refractivity contribution is 6.04. The van der Waals surface area contributed by atoms with Gasteiger partial charge in [0.15, 0.2) is 11.6 Å². The van der Waals surface area contributed by atoms with E-state index in [0.29, 0.717) is 5.82 Å². The summed E-state index contributed by atoms with van der Waals surface area (Å²) in [4.78, 5) is 17.4. The zero-order valence-corrected chi connectivity index (χ0v) is 16.7. The fourth-order valence-corrected chi connectivity index (χ4v) is 3.47. The van der Waals surface area contributed by atoms with Crippen LogP contribution in [0.2, 0.25) is 0 Å². The first-order valence-corrected chi connectivity index (χ1v) is 9.31. The molecule has 1 N–H and O–H groups in total. The molecule has 0 saturated heterocycles. The number of hydrogen-bond donors (Lipinski definition) is 1. The molecule has 7 heteroatoms. The van der Waals surface area contributed by atoms with E-state index in [1.54, 1.807) is 0 Å². The van der Waals surface area contributed by atoms with Gasteiger partial charge in [0, 0.05) is 10.9 Å². The van der Waals surface area contributed by atoms with Crippen molar-refractivity contribution in [3.8, 4) is 11.9 Å². The summed E-state index contributed by atoms with van der Waals surface area (Å²) in [7, 11) is 0. The summed E-state index contributed by atoms with van der Waals surface area (Å²) >= 11 is 0. The Kier molecular flexibility index (Phi) is 4.76. The fraction of sp³-hybridized carbons (Fsp3) is 0.130. The predicted octanol–water partition coefficient (Wildman–Crippen LogP) is 4.61. The van der Waals surface area contributed by atoms with Crippen molar-refractivity contribution in [1.29, 1.82) is 5.26 Å². The average Bonchev–Trinajstić information content (AvgIpc) is 3.11. The molecule has 4 rings (SSSR count). The lowest BCUT2D eigenvalue weighted by Crippen LogP contribution is -2.16. The molecule has 6 nitrogen and oxygen atoms in total. The van der Waals surface area contributed by atoms with Crippen molar-refractivity contribution < 1.29 is 9.18 Å². The molecule has 0 bridgehead atoms. The van der Waals surface area contributed by atoms with Gasteiger partial charge in [-0.2, -0.15) is 15.0 Å². The van der Waals surface area contributed by atoms with E-state index in [1.165, 1.54) is 29.1 Å².